The summed E-state index contributed by atoms with van der Waals surface area (Å²) in [5.74, 6) is 0.629. The number of carbonyl (C=O) groups is 1. The number of amides is 1. The van der Waals surface area contributed by atoms with Crippen LogP contribution in [-0.4, -0.2) is 36.3 Å². The Morgan fingerprint density at radius 1 is 1.48 bits per heavy atom. The molecule has 0 aliphatic heterocycles. The molecule has 0 spiro atoms. The average molecular weight is 357 g/mol. The van der Waals surface area contributed by atoms with E-state index >= 15 is 0 Å². The lowest BCUT2D eigenvalue weighted by atomic mass is 10.1. The third kappa shape index (κ3) is 4.98. The van der Waals surface area contributed by atoms with Crippen molar-refractivity contribution in [1.29, 1.82) is 0 Å². The standard InChI is InChI=1S/C15H21BrN2O3/c16-13-3-1-2-4-14(13)21-9-12(19)8-18-15(20)10-5-6-11(17)7-10/h1-4,10-12,19H,5-9,17H2,(H,18,20). The van der Waals surface area contributed by atoms with Crippen LogP contribution in [-0.2, 0) is 4.79 Å². The molecule has 6 heteroatoms. The van der Waals surface area contributed by atoms with E-state index in [1.807, 2.05) is 24.3 Å². The van der Waals surface area contributed by atoms with Gasteiger partial charge in [0.15, 0.2) is 0 Å². The van der Waals surface area contributed by atoms with Gasteiger partial charge in [-0.1, -0.05) is 12.1 Å². The van der Waals surface area contributed by atoms with Gasteiger partial charge in [-0.05, 0) is 47.3 Å². The number of benzene rings is 1. The van der Waals surface area contributed by atoms with Crippen molar-refractivity contribution in [2.75, 3.05) is 13.2 Å². The van der Waals surface area contributed by atoms with E-state index in [1.54, 1.807) is 0 Å². The maximum Gasteiger partial charge on any atom is 0.223 e. The van der Waals surface area contributed by atoms with E-state index in [2.05, 4.69) is 21.2 Å². The molecule has 5 nitrogen and oxygen atoms in total. The topological polar surface area (TPSA) is 84.6 Å². The minimum Gasteiger partial charge on any atom is -0.490 e. The van der Waals surface area contributed by atoms with Crippen molar-refractivity contribution < 1.29 is 14.6 Å². The van der Waals surface area contributed by atoms with Crippen molar-refractivity contribution in [2.24, 2.45) is 11.7 Å². The zero-order valence-corrected chi connectivity index (χ0v) is 13.4. The summed E-state index contributed by atoms with van der Waals surface area (Å²) >= 11 is 3.37. The van der Waals surface area contributed by atoms with Gasteiger partial charge >= 0.3 is 0 Å². The molecule has 3 atom stereocenters. The predicted molar refractivity (Wildman–Crippen MR) is 84.0 cm³/mol. The Kier molecular flexibility index (Phi) is 6.02. The quantitative estimate of drug-likeness (QED) is 0.719. The Balaban J connectivity index is 1.69. The highest BCUT2D eigenvalue weighted by atomic mass is 79.9. The minimum atomic E-state index is -0.740. The van der Waals surface area contributed by atoms with E-state index in [4.69, 9.17) is 10.5 Å². The molecule has 2 rings (SSSR count). The van der Waals surface area contributed by atoms with Gasteiger partial charge in [-0.25, -0.2) is 0 Å². The van der Waals surface area contributed by atoms with Crippen LogP contribution in [0.1, 0.15) is 19.3 Å². The number of hydrogen-bond donors (Lipinski definition) is 3. The summed E-state index contributed by atoms with van der Waals surface area (Å²) in [5, 5.41) is 12.6. The van der Waals surface area contributed by atoms with Gasteiger partial charge < -0.3 is 20.9 Å². The van der Waals surface area contributed by atoms with Gasteiger partial charge in [-0.15, -0.1) is 0 Å². The molecule has 0 radical (unpaired) electrons. The monoisotopic (exact) mass is 356 g/mol. The summed E-state index contributed by atoms with van der Waals surface area (Å²) in [6.45, 7) is 0.322. The van der Waals surface area contributed by atoms with Crippen molar-refractivity contribution >= 4 is 21.8 Å². The molecule has 1 aromatic rings. The molecule has 0 heterocycles. The fraction of sp³-hybridized carbons (Fsp3) is 0.533. The predicted octanol–water partition coefficient (Wildman–Crippen LogP) is 1.43. The van der Waals surface area contributed by atoms with Gasteiger partial charge in [0.2, 0.25) is 5.91 Å². The van der Waals surface area contributed by atoms with Crippen molar-refractivity contribution in [3.8, 4) is 5.75 Å². The summed E-state index contributed by atoms with van der Waals surface area (Å²) < 4.78 is 6.34. The normalized spacial score (nSPS) is 22.8. The summed E-state index contributed by atoms with van der Waals surface area (Å²) in [7, 11) is 0. The number of para-hydroxylation sites is 1. The molecule has 1 aliphatic carbocycles. The van der Waals surface area contributed by atoms with Crippen LogP contribution >= 0.6 is 15.9 Å². The Bertz CT molecular complexity index is 484. The number of rotatable bonds is 6. The molecule has 0 aromatic heterocycles. The van der Waals surface area contributed by atoms with Crippen LogP contribution in [0.2, 0.25) is 0 Å². The first-order valence-electron chi connectivity index (χ1n) is 7.15. The van der Waals surface area contributed by atoms with Gasteiger partial charge in [-0.3, -0.25) is 4.79 Å². The van der Waals surface area contributed by atoms with Gasteiger partial charge in [0.1, 0.15) is 18.5 Å². The lowest BCUT2D eigenvalue weighted by Gasteiger charge is -2.16. The van der Waals surface area contributed by atoms with Crippen LogP contribution in [0.5, 0.6) is 5.75 Å². The molecule has 21 heavy (non-hydrogen) atoms. The number of carbonyl (C=O) groups excluding carboxylic acids is 1. The lowest BCUT2D eigenvalue weighted by Crippen LogP contribution is -2.38. The molecule has 0 saturated heterocycles. The maximum atomic E-state index is 11.9. The number of aliphatic hydroxyl groups excluding tert-OH is 1. The molecule has 4 N–H and O–H groups in total. The van der Waals surface area contributed by atoms with Gasteiger partial charge in [0.25, 0.3) is 0 Å². The maximum absolute atomic E-state index is 11.9. The number of nitrogens with two attached hydrogens (primary N) is 1. The van der Waals surface area contributed by atoms with E-state index in [1.165, 1.54) is 0 Å². The van der Waals surface area contributed by atoms with Crippen molar-refractivity contribution in [3.63, 3.8) is 0 Å². The second-order valence-electron chi connectivity index (χ2n) is 5.41. The van der Waals surface area contributed by atoms with Crippen molar-refractivity contribution in [3.05, 3.63) is 28.7 Å². The highest BCUT2D eigenvalue weighted by molar-refractivity contribution is 9.10. The average Bonchev–Trinajstić information content (AvgIpc) is 2.90. The Morgan fingerprint density at radius 2 is 2.24 bits per heavy atom. The Morgan fingerprint density at radius 3 is 2.90 bits per heavy atom. The highest BCUT2D eigenvalue weighted by Crippen LogP contribution is 2.24. The molecule has 1 aliphatic rings. The van der Waals surface area contributed by atoms with Crippen LogP contribution in [0.25, 0.3) is 0 Å². The van der Waals surface area contributed by atoms with E-state index < -0.39 is 6.10 Å². The van der Waals surface area contributed by atoms with Crippen LogP contribution in [0.4, 0.5) is 0 Å². The third-order valence-electron chi connectivity index (χ3n) is 3.62. The molecule has 3 unspecified atom stereocenters. The second-order valence-corrected chi connectivity index (χ2v) is 6.26. The van der Waals surface area contributed by atoms with Crippen LogP contribution < -0.4 is 15.8 Å². The molecule has 0 bridgehead atoms. The zero-order chi connectivity index (χ0) is 15.2. The first kappa shape index (κ1) is 16.3. The molecule has 1 saturated carbocycles. The summed E-state index contributed by atoms with van der Waals surface area (Å²) in [4.78, 5) is 11.9. The Labute approximate surface area is 133 Å². The summed E-state index contributed by atoms with van der Waals surface area (Å²) in [6, 6.07) is 7.56. The number of aliphatic hydroxyl groups is 1. The highest BCUT2D eigenvalue weighted by Gasteiger charge is 2.27. The lowest BCUT2D eigenvalue weighted by molar-refractivity contribution is -0.125. The fourth-order valence-electron chi connectivity index (χ4n) is 2.42. The van der Waals surface area contributed by atoms with Crippen LogP contribution in [0.15, 0.2) is 28.7 Å². The van der Waals surface area contributed by atoms with Crippen molar-refractivity contribution in [2.45, 2.75) is 31.4 Å². The molecule has 1 aromatic carbocycles. The van der Waals surface area contributed by atoms with Gasteiger partial charge in [-0.2, -0.15) is 0 Å². The number of ether oxygens (including phenoxy) is 1. The second kappa shape index (κ2) is 7.77. The Hall–Kier alpha value is -1.11. The molecular weight excluding hydrogens is 336 g/mol. The number of halogens is 1. The number of hydrogen-bond acceptors (Lipinski definition) is 4. The minimum absolute atomic E-state index is 0.0172. The molecular formula is C15H21BrN2O3. The largest absolute Gasteiger partial charge is 0.490 e. The molecule has 1 fully saturated rings. The first-order chi connectivity index (χ1) is 10.1. The summed E-state index contributed by atoms with van der Waals surface area (Å²) in [6.07, 6.45) is 1.72. The van der Waals surface area contributed by atoms with Gasteiger partial charge in [0.05, 0.1) is 4.47 Å². The first-order valence-corrected chi connectivity index (χ1v) is 7.94. The van der Waals surface area contributed by atoms with Crippen LogP contribution in [0, 0.1) is 5.92 Å². The molecule has 116 valence electrons. The zero-order valence-electron chi connectivity index (χ0n) is 11.8. The summed E-state index contributed by atoms with van der Waals surface area (Å²) in [5.41, 5.74) is 5.79. The molecule has 1 amide bonds. The van der Waals surface area contributed by atoms with E-state index in [9.17, 15) is 9.90 Å². The van der Waals surface area contributed by atoms with E-state index in [0.717, 1.165) is 23.7 Å². The SMILES string of the molecule is NC1CCC(C(=O)NCC(O)COc2ccccc2Br)C1. The van der Waals surface area contributed by atoms with Crippen molar-refractivity contribution in [1.82, 2.24) is 5.32 Å². The van der Waals surface area contributed by atoms with Gasteiger partial charge in [0, 0.05) is 18.5 Å². The fourth-order valence-corrected chi connectivity index (χ4v) is 2.82. The van der Waals surface area contributed by atoms with Crippen LogP contribution in [0.3, 0.4) is 0 Å². The van der Waals surface area contributed by atoms with E-state index in [0.29, 0.717) is 5.75 Å². The smallest absolute Gasteiger partial charge is 0.223 e. The third-order valence-corrected chi connectivity index (χ3v) is 4.28. The van der Waals surface area contributed by atoms with E-state index in [-0.39, 0.29) is 31.0 Å². The number of nitrogens with one attached hydrogen (secondary N) is 1.